The Kier molecular flexibility index (Phi) is 11.6. The summed E-state index contributed by atoms with van der Waals surface area (Å²) in [6.07, 6.45) is 6.50. The van der Waals surface area contributed by atoms with Gasteiger partial charge in [0, 0.05) is 42.6 Å². The second kappa shape index (κ2) is 15.3. The number of carbonyl (C=O) groups is 2. The summed E-state index contributed by atoms with van der Waals surface area (Å²) in [6.45, 7) is -0.0543. The minimum atomic E-state index is -3.66. The minimum Gasteiger partial charge on any atom is -0.352 e. The highest BCUT2D eigenvalue weighted by Crippen LogP contribution is 2.24. The van der Waals surface area contributed by atoms with E-state index in [0.717, 1.165) is 43.9 Å². The molecule has 0 aromatic heterocycles. The third-order valence-electron chi connectivity index (χ3n) is 7.77. The number of rotatable bonds is 13. The molecule has 1 fully saturated rings. The maximum Gasteiger partial charge on any atom is 0.243 e. The van der Waals surface area contributed by atoms with Gasteiger partial charge in [-0.3, -0.25) is 13.9 Å². The lowest BCUT2D eigenvalue weighted by Crippen LogP contribution is -2.53. The van der Waals surface area contributed by atoms with E-state index in [1.807, 2.05) is 30.3 Å². The normalized spacial score (nSPS) is 14.6. The van der Waals surface area contributed by atoms with Gasteiger partial charge in [-0.25, -0.2) is 12.8 Å². The molecule has 1 aliphatic carbocycles. The molecule has 0 spiro atoms. The van der Waals surface area contributed by atoms with Gasteiger partial charge >= 0.3 is 0 Å². The zero-order valence-electron chi connectivity index (χ0n) is 24.4. The molecule has 4 rings (SSSR count). The molecule has 0 aliphatic heterocycles. The van der Waals surface area contributed by atoms with Crippen LogP contribution in [0.3, 0.4) is 0 Å². The van der Waals surface area contributed by atoms with Crippen LogP contribution in [-0.2, 0) is 32.6 Å². The lowest BCUT2D eigenvalue weighted by molar-refractivity contribution is -0.141. The minimum absolute atomic E-state index is 0.0333. The van der Waals surface area contributed by atoms with Crippen molar-refractivity contribution >= 4 is 39.1 Å². The molecule has 0 saturated heterocycles. The van der Waals surface area contributed by atoms with Crippen LogP contribution in [0.4, 0.5) is 10.1 Å². The first kappa shape index (κ1) is 32.5. The van der Waals surface area contributed by atoms with Crippen LogP contribution in [0.1, 0.15) is 56.1 Å². The summed E-state index contributed by atoms with van der Waals surface area (Å²) in [7, 11) is -3.66. The van der Waals surface area contributed by atoms with Crippen LogP contribution in [0.5, 0.6) is 0 Å². The van der Waals surface area contributed by atoms with E-state index in [1.54, 1.807) is 42.5 Å². The summed E-state index contributed by atoms with van der Waals surface area (Å²) in [6, 6.07) is 21.3. The van der Waals surface area contributed by atoms with Crippen molar-refractivity contribution in [2.45, 2.75) is 70.0 Å². The molecular weight excluding hydrogens is 589 g/mol. The molecule has 1 atom stereocenters. The number of halogens is 2. The third-order valence-corrected chi connectivity index (χ3v) is 9.20. The first-order chi connectivity index (χ1) is 20.6. The van der Waals surface area contributed by atoms with E-state index in [9.17, 15) is 22.4 Å². The molecular formula is C33H39ClFN3O4S. The lowest BCUT2D eigenvalue weighted by atomic mass is 9.94. The quantitative estimate of drug-likeness (QED) is 0.248. The van der Waals surface area contributed by atoms with Crippen LogP contribution in [0.25, 0.3) is 0 Å². The first-order valence-corrected chi connectivity index (χ1v) is 16.9. The number of hydrogen-bond donors (Lipinski definition) is 1. The van der Waals surface area contributed by atoms with Crippen molar-refractivity contribution in [2.75, 3.05) is 17.1 Å². The van der Waals surface area contributed by atoms with Crippen LogP contribution in [0.2, 0.25) is 5.02 Å². The fourth-order valence-corrected chi connectivity index (χ4v) is 6.69. The standard InChI is InChI=1S/C33H39ClFN3O4S/c1-43(41,42)38(29-18-10-15-27(34)23-29)21-11-20-32(39)37(24-26-14-8-9-19-30(26)35)31(22-25-12-4-2-5-13-25)33(40)36-28-16-6-3-7-17-28/h2,4-5,8-10,12-15,18-19,23,28,31H,3,6-7,11,16-17,20-22,24H2,1H3,(H,36,40)/t31-/m1/s1. The summed E-state index contributed by atoms with van der Waals surface area (Å²) in [5.74, 6) is -1.09. The Morgan fingerprint density at radius 1 is 0.977 bits per heavy atom. The molecule has 1 saturated carbocycles. The summed E-state index contributed by atoms with van der Waals surface area (Å²) >= 11 is 6.10. The molecule has 230 valence electrons. The molecule has 43 heavy (non-hydrogen) atoms. The number of amides is 2. The van der Waals surface area contributed by atoms with E-state index >= 15 is 0 Å². The van der Waals surface area contributed by atoms with E-state index in [4.69, 9.17) is 11.6 Å². The number of hydrogen-bond acceptors (Lipinski definition) is 4. The maximum atomic E-state index is 14.9. The highest BCUT2D eigenvalue weighted by atomic mass is 35.5. The van der Waals surface area contributed by atoms with Crippen molar-refractivity contribution in [2.24, 2.45) is 0 Å². The van der Waals surface area contributed by atoms with Crippen molar-refractivity contribution in [3.8, 4) is 0 Å². The predicted octanol–water partition coefficient (Wildman–Crippen LogP) is 6.11. The second-order valence-corrected chi connectivity index (χ2v) is 13.4. The molecule has 3 aromatic carbocycles. The Balaban J connectivity index is 1.60. The molecule has 7 nitrogen and oxygen atoms in total. The van der Waals surface area contributed by atoms with E-state index in [2.05, 4.69) is 5.32 Å². The summed E-state index contributed by atoms with van der Waals surface area (Å²) < 4.78 is 41.3. The smallest absolute Gasteiger partial charge is 0.243 e. The summed E-state index contributed by atoms with van der Waals surface area (Å²) in [4.78, 5) is 29.3. The number of sulfonamides is 1. The Hall–Kier alpha value is -3.43. The molecule has 0 bridgehead atoms. The third kappa shape index (κ3) is 9.53. The van der Waals surface area contributed by atoms with Crippen LogP contribution in [0.15, 0.2) is 78.9 Å². The SMILES string of the molecule is CS(=O)(=O)N(CCCC(=O)N(Cc1ccccc1F)[C@H](Cc1ccccc1)C(=O)NC1CCCCC1)c1cccc(Cl)c1. The van der Waals surface area contributed by atoms with Gasteiger partial charge in [0.1, 0.15) is 11.9 Å². The van der Waals surface area contributed by atoms with Gasteiger partial charge in [-0.2, -0.15) is 0 Å². The van der Waals surface area contributed by atoms with E-state index in [1.165, 1.54) is 15.3 Å². The highest BCUT2D eigenvalue weighted by Gasteiger charge is 2.32. The largest absolute Gasteiger partial charge is 0.352 e. The Labute approximate surface area is 259 Å². The Morgan fingerprint density at radius 3 is 2.35 bits per heavy atom. The monoisotopic (exact) mass is 627 g/mol. The Morgan fingerprint density at radius 2 is 1.67 bits per heavy atom. The van der Waals surface area contributed by atoms with E-state index < -0.39 is 21.9 Å². The van der Waals surface area contributed by atoms with Gasteiger partial charge in [-0.15, -0.1) is 0 Å². The number of nitrogens with one attached hydrogen (secondary N) is 1. The Bertz CT molecular complexity index is 1480. The zero-order chi connectivity index (χ0) is 30.8. The molecule has 1 N–H and O–H groups in total. The van der Waals surface area contributed by atoms with Gasteiger partial charge in [-0.05, 0) is 49.1 Å². The van der Waals surface area contributed by atoms with Gasteiger partial charge in [0.25, 0.3) is 0 Å². The molecule has 2 amide bonds. The lowest BCUT2D eigenvalue weighted by Gasteiger charge is -2.34. The first-order valence-electron chi connectivity index (χ1n) is 14.7. The summed E-state index contributed by atoms with van der Waals surface area (Å²) in [5, 5.41) is 3.56. The molecule has 0 heterocycles. The topological polar surface area (TPSA) is 86.8 Å². The predicted molar refractivity (Wildman–Crippen MR) is 169 cm³/mol. The maximum absolute atomic E-state index is 14.9. The highest BCUT2D eigenvalue weighted by molar-refractivity contribution is 7.92. The van der Waals surface area contributed by atoms with Crippen LogP contribution >= 0.6 is 11.6 Å². The van der Waals surface area contributed by atoms with Gasteiger partial charge in [0.05, 0.1) is 11.9 Å². The average Bonchev–Trinajstić information content (AvgIpc) is 2.98. The molecule has 0 radical (unpaired) electrons. The van der Waals surface area contributed by atoms with Crippen molar-refractivity contribution in [1.82, 2.24) is 10.2 Å². The fraction of sp³-hybridized carbons (Fsp3) is 0.394. The van der Waals surface area contributed by atoms with E-state index in [-0.39, 0.29) is 50.2 Å². The van der Waals surface area contributed by atoms with Crippen molar-refractivity contribution in [3.63, 3.8) is 0 Å². The molecule has 1 aliphatic rings. The number of nitrogens with zero attached hydrogens (tertiary/aromatic N) is 2. The zero-order valence-corrected chi connectivity index (χ0v) is 26.0. The molecule has 3 aromatic rings. The molecule has 0 unspecified atom stereocenters. The van der Waals surface area contributed by atoms with Crippen molar-refractivity contribution < 1.29 is 22.4 Å². The van der Waals surface area contributed by atoms with Crippen LogP contribution in [0, 0.1) is 5.82 Å². The number of benzene rings is 3. The van der Waals surface area contributed by atoms with Crippen LogP contribution in [-0.4, -0.2) is 50.0 Å². The van der Waals surface area contributed by atoms with Crippen molar-refractivity contribution in [3.05, 3.63) is 101 Å². The van der Waals surface area contributed by atoms with Gasteiger partial charge in [0.2, 0.25) is 21.8 Å². The van der Waals surface area contributed by atoms with Gasteiger partial charge < -0.3 is 10.2 Å². The molecule has 10 heteroatoms. The van der Waals surface area contributed by atoms with Gasteiger partial charge in [0.15, 0.2) is 0 Å². The second-order valence-electron chi connectivity index (χ2n) is 11.1. The van der Waals surface area contributed by atoms with Gasteiger partial charge in [-0.1, -0.05) is 85.5 Å². The number of anilines is 1. The summed E-state index contributed by atoms with van der Waals surface area (Å²) in [5.41, 5.74) is 1.58. The fourth-order valence-electron chi connectivity index (χ4n) is 5.54. The van der Waals surface area contributed by atoms with Crippen LogP contribution < -0.4 is 9.62 Å². The number of carbonyl (C=O) groups excluding carboxylic acids is 2. The van der Waals surface area contributed by atoms with Crippen molar-refractivity contribution in [1.29, 1.82) is 0 Å². The van der Waals surface area contributed by atoms with E-state index in [0.29, 0.717) is 16.3 Å². The average molecular weight is 628 g/mol.